The first-order chi connectivity index (χ1) is 24.4. The lowest BCUT2D eigenvalue weighted by Gasteiger charge is -2.11. The molecule has 7 rings (SSSR count). The Hall–Kier alpha value is -6.63. The quantitative estimate of drug-likeness (QED) is 0.0471. The van der Waals surface area contributed by atoms with E-state index in [0.717, 1.165) is 52.8 Å². The highest BCUT2D eigenvalue weighted by atomic mass is 16.7. The van der Waals surface area contributed by atoms with Crippen LogP contribution < -0.4 is 14.2 Å². The molecule has 0 unspecified atom stereocenters. The van der Waals surface area contributed by atoms with Gasteiger partial charge in [0, 0.05) is 53.8 Å². The maximum Gasteiger partial charge on any atom is 0.519 e. The molecule has 0 fully saturated rings. The average Bonchev–Trinajstić information content (AvgIpc) is 3.73. The molecular formula is C37H29N5O8. The predicted molar refractivity (Wildman–Crippen MR) is 181 cm³/mol. The van der Waals surface area contributed by atoms with Crippen LogP contribution in [0.4, 0.5) is 10.5 Å². The second-order valence-corrected chi connectivity index (χ2v) is 11.3. The molecule has 0 bridgehead atoms. The lowest BCUT2D eigenvalue weighted by atomic mass is 9.96. The number of carbonyl (C=O) groups is 2. The number of hydrogen-bond donors (Lipinski definition) is 0. The number of aryl methyl sites for hydroxylation is 1. The number of pyridine rings is 2. The Balaban J connectivity index is 0.912. The van der Waals surface area contributed by atoms with Crippen molar-refractivity contribution in [2.24, 2.45) is 0 Å². The lowest BCUT2D eigenvalue weighted by Crippen LogP contribution is -2.14. The van der Waals surface area contributed by atoms with Gasteiger partial charge in [-0.3, -0.25) is 29.6 Å². The summed E-state index contributed by atoms with van der Waals surface area (Å²) in [4.78, 5) is 43.9. The molecule has 0 aliphatic carbocycles. The molecule has 3 aromatic heterocycles. The number of nitrogens with zero attached hydrogens (tertiary/aromatic N) is 5. The molecular weight excluding hydrogens is 642 g/mol. The largest absolute Gasteiger partial charge is 0.519 e. The van der Waals surface area contributed by atoms with Gasteiger partial charge in [0.25, 0.3) is 5.69 Å². The zero-order valence-electron chi connectivity index (χ0n) is 26.6. The fourth-order valence-electron chi connectivity index (χ4n) is 5.79. The zero-order chi connectivity index (χ0) is 34.5. The Labute approximate surface area is 285 Å². The Morgan fingerprint density at radius 3 is 2.34 bits per heavy atom. The van der Waals surface area contributed by atoms with Gasteiger partial charge in [0.05, 0.1) is 22.6 Å². The van der Waals surface area contributed by atoms with Crippen LogP contribution in [0.5, 0.6) is 17.2 Å². The van der Waals surface area contributed by atoms with Gasteiger partial charge >= 0.3 is 12.1 Å². The predicted octanol–water partition coefficient (Wildman–Crippen LogP) is 6.76. The molecule has 250 valence electrons. The molecule has 4 heterocycles. The molecule has 0 radical (unpaired) electrons. The van der Waals surface area contributed by atoms with Gasteiger partial charge in [0.1, 0.15) is 36.2 Å². The second kappa shape index (κ2) is 14.2. The van der Waals surface area contributed by atoms with Gasteiger partial charge in [-0.25, -0.2) is 4.79 Å². The molecule has 0 saturated carbocycles. The standard InChI is InChI=1S/C37H29N5O8/c43-34(22-24-6-10-26(11-7-24)49-37(44)50-27-12-8-25(9-13-27)42(45)46)48-21-20-47-28-14-15-29-30(16-18-39-32(29)23-28)35-33-5-3-19-41(33)40-36(35)31-4-1-2-17-38-31/h1-2,4,6-18,23H,3,5,19-22H2. The topological polar surface area (TPSA) is 158 Å². The Bertz CT molecular complexity index is 2180. The van der Waals surface area contributed by atoms with E-state index < -0.39 is 17.0 Å². The van der Waals surface area contributed by atoms with Crippen molar-refractivity contribution in [3.63, 3.8) is 0 Å². The molecule has 0 spiro atoms. The van der Waals surface area contributed by atoms with E-state index in [-0.39, 0.29) is 36.8 Å². The molecule has 6 aromatic rings. The van der Waals surface area contributed by atoms with Crippen molar-refractivity contribution in [1.29, 1.82) is 0 Å². The summed E-state index contributed by atoms with van der Waals surface area (Å²) in [7, 11) is 0. The van der Waals surface area contributed by atoms with Gasteiger partial charge < -0.3 is 18.9 Å². The molecule has 13 nitrogen and oxygen atoms in total. The summed E-state index contributed by atoms with van der Waals surface area (Å²) in [6, 6.07) is 24.9. The minimum Gasteiger partial charge on any atom is -0.490 e. The summed E-state index contributed by atoms with van der Waals surface area (Å²) < 4.78 is 23.5. The lowest BCUT2D eigenvalue weighted by molar-refractivity contribution is -0.384. The van der Waals surface area contributed by atoms with E-state index in [9.17, 15) is 19.7 Å². The number of esters is 1. The molecule has 1 aliphatic heterocycles. The molecule has 0 N–H and O–H groups in total. The molecule has 13 heteroatoms. The van der Waals surface area contributed by atoms with E-state index in [4.69, 9.17) is 24.0 Å². The van der Waals surface area contributed by atoms with Crippen molar-refractivity contribution >= 4 is 28.7 Å². The summed E-state index contributed by atoms with van der Waals surface area (Å²) in [5.41, 5.74) is 6.31. The van der Waals surface area contributed by atoms with Gasteiger partial charge in [0.15, 0.2) is 0 Å². The number of benzene rings is 3. The number of carbonyl (C=O) groups excluding carboxylic acids is 2. The van der Waals surface area contributed by atoms with E-state index in [1.54, 1.807) is 24.5 Å². The van der Waals surface area contributed by atoms with Crippen LogP contribution >= 0.6 is 0 Å². The normalized spacial score (nSPS) is 11.9. The highest BCUT2D eigenvalue weighted by Gasteiger charge is 2.25. The molecule has 3 aromatic carbocycles. The SMILES string of the molecule is O=C(Cc1ccc(OC(=O)Oc2ccc([N+](=O)[O-])cc2)cc1)OCCOc1ccc2c(-c3c(-c4ccccn4)nn4c3CCC4)ccnc2c1. The van der Waals surface area contributed by atoms with Crippen LogP contribution in [0.2, 0.25) is 0 Å². The number of nitro groups is 1. The van der Waals surface area contributed by atoms with Crippen molar-refractivity contribution in [3.8, 4) is 39.8 Å². The first-order valence-corrected chi connectivity index (χ1v) is 15.8. The molecule has 0 amide bonds. The number of non-ortho nitro benzene ring substituents is 1. The minimum absolute atomic E-state index is 0.00918. The van der Waals surface area contributed by atoms with Crippen LogP contribution in [0.25, 0.3) is 33.4 Å². The average molecular weight is 672 g/mol. The van der Waals surface area contributed by atoms with Crippen molar-refractivity contribution in [3.05, 3.63) is 125 Å². The monoisotopic (exact) mass is 671 g/mol. The van der Waals surface area contributed by atoms with Gasteiger partial charge in [-0.15, -0.1) is 0 Å². The Morgan fingerprint density at radius 2 is 1.60 bits per heavy atom. The second-order valence-electron chi connectivity index (χ2n) is 11.3. The van der Waals surface area contributed by atoms with Crippen molar-refractivity contribution in [2.75, 3.05) is 13.2 Å². The molecule has 1 aliphatic rings. The van der Waals surface area contributed by atoms with E-state index in [1.807, 2.05) is 42.5 Å². The third-order valence-electron chi connectivity index (χ3n) is 8.07. The number of fused-ring (bicyclic) bond motifs is 2. The maximum atomic E-state index is 12.4. The number of ether oxygens (including phenoxy) is 4. The van der Waals surface area contributed by atoms with Gasteiger partial charge in [-0.2, -0.15) is 5.10 Å². The fraction of sp³-hybridized carbons (Fsp3) is 0.162. The van der Waals surface area contributed by atoms with Crippen molar-refractivity contribution in [1.82, 2.24) is 19.7 Å². The number of hydrogen-bond acceptors (Lipinski definition) is 11. The fourth-order valence-corrected chi connectivity index (χ4v) is 5.79. The van der Waals surface area contributed by atoms with E-state index in [0.29, 0.717) is 11.3 Å². The van der Waals surface area contributed by atoms with E-state index in [1.165, 1.54) is 42.1 Å². The summed E-state index contributed by atoms with van der Waals surface area (Å²) in [5.74, 6) is 0.454. The van der Waals surface area contributed by atoms with Crippen LogP contribution in [0.3, 0.4) is 0 Å². The number of rotatable bonds is 11. The molecule has 0 atom stereocenters. The van der Waals surface area contributed by atoms with Crippen LogP contribution in [0, 0.1) is 10.1 Å². The molecule has 50 heavy (non-hydrogen) atoms. The van der Waals surface area contributed by atoms with Gasteiger partial charge in [-0.05, 0) is 78.6 Å². The maximum absolute atomic E-state index is 12.4. The van der Waals surface area contributed by atoms with Crippen LogP contribution in [0.15, 0.2) is 103 Å². The zero-order valence-corrected chi connectivity index (χ0v) is 26.6. The summed E-state index contributed by atoms with van der Waals surface area (Å²) in [6.45, 7) is 1.09. The first kappa shape index (κ1) is 31.9. The van der Waals surface area contributed by atoms with Crippen LogP contribution in [0.1, 0.15) is 17.7 Å². The summed E-state index contributed by atoms with van der Waals surface area (Å²) >= 11 is 0. The Morgan fingerprint density at radius 1 is 0.840 bits per heavy atom. The third kappa shape index (κ3) is 7.11. The molecule has 0 saturated heterocycles. The summed E-state index contributed by atoms with van der Waals surface area (Å²) in [5, 5.41) is 16.6. The van der Waals surface area contributed by atoms with Gasteiger partial charge in [0.2, 0.25) is 0 Å². The van der Waals surface area contributed by atoms with Crippen LogP contribution in [-0.2, 0) is 28.9 Å². The summed E-state index contributed by atoms with van der Waals surface area (Å²) in [6.07, 6.45) is 4.57. The van der Waals surface area contributed by atoms with E-state index in [2.05, 4.69) is 14.6 Å². The first-order valence-electron chi connectivity index (χ1n) is 15.8. The van der Waals surface area contributed by atoms with Crippen LogP contribution in [-0.4, -0.2) is 50.0 Å². The van der Waals surface area contributed by atoms with Gasteiger partial charge in [-0.1, -0.05) is 18.2 Å². The third-order valence-corrected chi connectivity index (χ3v) is 8.07. The van der Waals surface area contributed by atoms with Crippen molar-refractivity contribution in [2.45, 2.75) is 25.8 Å². The smallest absolute Gasteiger partial charge is 0.490 e. The van der Waals surface area contributed by atoms with E-state index >= 15 is 0 Å². The van der Waals surface area contributed by atoms with Crippen molar-refractivity contribution < 1.29 is 33.5 Å². The highest BCUT2D eigenvalue weighted by molar-refractivity contribution is 5.99. The number of aromatic nitrogens is 4. The Kier molecular flexibility index (Phi) is 9.10. The highest BCUT2D eigenvalue weighted by Crippen LogP contribution is 2.40. The number of nitro benzene ring substituents is 1. The minimum atomic E-state index is -1.01.